The molecule has 1 atom stereocenters. The average molecular weight is 524 g/mol. The molecule has 1 aliphatic heterocycles. The van der Waals surface area contributed by atoms with Crippen molar-refractivity contribution in [3.8, 4) is 17.0 Å². The molecule has 1 N–H and O–H groups in total. The summed E-state index contributed by atoms with van der Waals surface area (Å²) in [7, 11) is 1.29. The Morgan fingerprint density at radius 2 is 2.22 bits per heavy atom. The third-order valence-corrected chi connectivity index (χ3v) is 6.24. The molecule has 4 heterocycles. The molecule has 1 aromatic carbocycles. The smallest absolute Gasteiger partial charge is 0.285 e. The van der Waals surface area contributed by atoms with Crippen LogP contribution in [0, 0.1) is 5.82 Å². The molecule has 10 nitrogen and oxygen atoms in total. The topological polar surface area (TPSA) is 102 Å². The van der Waals surface area contributed by atoms with Crippen molar-refractivity contribution < 1.29 is 31.2 Å². The minimum atomic E-state index is -3.51. The van der Waals surface area contributed by atoms with Crippen LogP contribution in [0.25, 0.3) is 27.7 Å². The van der Waals surface area contributed by atoms with E-state index in [-0.39, 0.29) is 48.8 Å². The van der Waals surface area contributed by atoms with E-state index in [1.165, 1.54) is 11.8 Å². The predicted octanol–water partition coefficient (Wildman–Crippen LogP) is 3.32. The molecule has 0 spiro atoms. The van der Waals surface area contributed by atoms with Gasteiger partial charge in [-0.15, -0.1) is 10.2 Å². The summed E-state index contributed by atoms with van der Waals surface area (Å²) >= 11 is 0. The van der Waals surface area contributed by atoms with Crippen LogP contribution in [-0.2, 0) is 11.3 Å². The molecule has 196 valence electrons. The second kappa shape index (κ2) is 9.48. The van der Waals surface area contributed by atoms with Crippen molar-refractivity contribution in [3.05, 3.63) is 30.2 Å². The Morgan fingerprint density at radius 3 is 2.95 bits per heavy atom. The van der Waals surface area contributed by atoms with E-state index in [4.69, 9.17) is 8.85 Å². The van der Waals surface area contributed by atoms with Gasteiger partial charge in [-0.3, -0.25) is 9.18 Å². The van der Waals surface area contributed by atoms with Gasteiger partial charge in [-0.2, -0.15) is 4.98 Å². The summed E-state index contributed by atoms with van der Waals surface area (Å²) in [5.74, 6) is -5.92. The third kappa shape index (κ3) is 4.51. The fourth-order valence-corrected chi connectivity index (χ4v) is 4.44. The van der Waals surface area contributed by atoms with Gasteiger partial charge in [-0.25, -0.2) is 22.4 Å². The van der Waals surface area contributed by atoms with Gasteiger partial charge in [0, 0.05) is 24.1 Å². The number of fused-ring (bicyclic) bond motifs is 2. The van der Waals surface area contributed by atoms with E-state index in [1.807, 2.05) is 0 Å². The molecule has 37 heavy (non-hydrogen) atoms. The number of carbonyl (C=O) groups is 1. The van der Waals surface area contributed by atoms with Crippen molar-refractivity contribution in [2.75, 3.05) is 32.2 Å². The van der Waals surface area contributed by atoms with Crippen LogP contribution in [0.4, 0.5) is 23.5 Å². The number of rotatable bonds is 7. The van der Waals surface area contributed by atoms with Crippen molar-refractivity contribution in [1.29, 1.82) is 0 Å². The number of likely N-dealkylation sites (tertiary alicyclic amines) is 1. The number of anilines is 1. The fraction of sp³-hybridized carbons (Fsp3) is 0.435. The van der Waals surface area contributed by atoms with E-state index in [1.54, 1.807) is 18.2 Å². The maximum atomic E-state index is 15.3. The Morgan fingerprint density at radius 1 is 1.38 bits per heavy atom. The number of carbonyl (C=O) groups excluding carboxylic acids is 1. The molecule has 3 aromatic heterocycles. The Kier molecular flexibility index (Phi) is 5.42. The van der Waals surface area contributed by atoms with Gasteiger partial charge in [0.1, 0.15) is 11.0 Å². The highest BCUT2D eigenvalue weighted by molar-refractivity contribution is 5.89. The molecule has 0 aliphatic carbocycles. The molecule has 4 aromatic rings. The van der Waals surface area contributed by atoms with Gasteiger partial charge in [0.25, 0.3) is 5.92 Å². The quantitative estimate of drug-likeness (QED) is 0.371. The summed E-state index contributed by atoms with van der Waals surface area (Å²) in [6, 6.07) is 3.37. The molecule has 14 heteroatoms. The zero-order valence-electron chi connectivity index (χ0n) is 22.6. The van der Waals surface area contributed by atoms with E-state index in [0.29, 0.717) is 21.5 Å². The molecular weight excluding hydrogens is 496 g/mol. The van der Waals surface area contributed by atoms with Crippen molar-refractivity contribution in [3.63, 3.8) is 0 Å². The predicted molar refractivity (Wildman–Crippen MR) is 126 cm³/mol. The first-order valence-electron chi connectivity index (χ1n) is 12.9. The largest absolute Gasteiger partial charge is 0.479 e. The Balaban J connectivity index is 1.46. The molecule has 1 saturated heterocycles. The number of halogens is 4. The lowest BCUT2D eigenvalue weighted by Gasteiger charge is -2.38. The van der Waals surface area contributed by atoms with Crippen LogP contribution >= 0.6 is 0 Å². The minimum absolute atomic E-state index is 0.0883. The zero-order valence-corrected chi connectivity index (χ0v) is 19.6. The van der Waals surface area contributed by atoms with Crippen LogP contribution in [-0.4, -0.2) is 79.2 Å². The van der Waals surface area contributed by atoms with Crippen molar-refractivity contribution in [2.24, 2.45) is 0 Å². The first kappa shape index (κ1) is 21.1. The van der Waals surface area contributed by atoms with Crippen molar-refractivity contribution in [1.82, 2.24) is 34.5 Å². The van der Waals surface area contributed by atoms with Crippen LogP contribution in [0.5, 0.6) is 5.88 Å². The number of methoxy groups -OCH3 is 1. The Hall–Kier alpha value is -3.97. The van der Waals surface area contributed by atoms with Gasteiger partial charge in [-0.05, 0) is 30.5 Å². The number of aromatic nitrogens is 6. The van der Waals surface area contributed by atoms with Crippen molar-refractivity contribution >= 4 is 28.4 Å². The van der Waals surface area contributed by atoms with Gasteiger partial charge in [0.2, 0.25) is 17.7 Å². The number of nitrogens with zero attached hydrogens (tertiary/aromatic N) is 7. The molecule has 0 saturated carbocycles. The summed E-state index contributed by atoms with van der Waals surface area (Å²) in [5, 5.41) is 14.7. The van der Waals surface area contributed by atoms with Gasteiger partial charge >= 0.3 is 0 Å². The summed E-state index contributed by atoms with van der Waals surface area (Å²) in [4.78, 5) is 16.8. The first-order valence-corrected chi connectivity index (χ1v) is 11.4. The highest BCUT2D eigenvalue weighted by Gasteiger charge is 2.46. The molecule has 0 bridgehead atoms. The number of aryl methyl sites for hydroxylation is 1. The lowest BCUT2D eigenvalue weighted by Crippen LogP contribution is -2.55. The third-order valence-electron chi connectivity index (χ3n) is 6.24. The van der Waals surface area contributed by atoms with Gasteiger partial charge in [-0.1, -0.05) is 11.3 Å². The maximum absolute atomic E-state index is 15.3. The van der Waals surface area contributed by atoms with Crippen LogP contribution in [0.2, 0.25) is 0 Å². The maximum Gasteiger partial charge on any atom is 0.285 e. The number of amides is 1. The summed E-state index contributed by atoms with van der Waals surface area (Å²) in [6.45, 7) is -4.59. The van der Waals surface area contributed by atoms with Gasteiger partial charge < -0.3 is 15.0 Å². The lowest BCUT2D eigenvalue weighted by molar-refractivity contribution is -0.140. The van der Waals surface area contributed by atoms with Crippen LogP contribution in [0.1, 0.15) is 23.8 Å². The van der Waals surface area contributed by atoms with E-state index in [0.717, 1.165) is 10.7 Å². The summed E-state index contributed by atoms with van der Waals surface area (Å²) in [5.41, 5.74) is 1.74. The number of alkyl halides is 3. The van der Waals surface area contributed by atoms with E-state index in [2.05, 4.69) is 25.7 Å². The normalized spacial score (nSPS) is 19.0. The molecule has 0 radical (unpaired) electrons. The van der Waals surface area contributed by atoms with Gasteiger partial charge in [0.05, 0.1) is 43.6 Å². The Labute approximate surface area is 212 Å². The Bertz CT molecular complexity index is 1580. The standard InChI is InChI=1S/C23H24F4N8O2/c1-13(36)33-9-6-18(23(26,27)12-33)28-22-29-21(37-2)20-19(15(25)11-35(20)31-22)14-4-5-16-17(10-14)34(32-30-16)8-3-7-24/h4-5,10-11,18H,3,6-9,12H2,1-2H3,(H,28,31)/t18-/m1/s1/i1D3. The van der Waals surface area contributed by atoms with Crippen LogP contribution < -0.4 is 10.1 Å². The molecule has 1 fully saturated rings. The van der Waals surface area contributed by atoms with E-state index in [9.17, 15) is 18.0 Å². The van der Waals surface area contributed by atoms with Crippen LogP contribution in [0.3, 0.4) is 0 Å². The van der Waals surface area contributed by atoms with Gasteiger partial charge in [0.15, 0.2) is 5.82 Å². The lowest BCUT2D eigenvalue weighted by atomic mass is 10.0. The summed E-state index contributed by atoms with van der Waals surface area (Å²) in [6.07, 6.45) is 1.00. The molecule has 1 amide bonds. The van der Waals surface area contributed by atoms with E-state index >= 15 is 4.39 Å². The van der Waals surface area contributed by atoms with E-state index < -0.39 is 43.8 Å². The summed E-state index contributed by atoms with van der Waals surface area (Å²) < 4.78 is 87.4. The second-order valence-electron chi connectivity index (χ2n) is 8.62. The second-order valence-corrected chi connectivity index (χ2v) is 8.62. The molecule has 5 rings (SSSR count). The molecular formula is C23H24F4N8O2. The highest BCUT2D eigenvalue weighted by Crippen LogP contribution is 2.36. The highest BCUT2D eigenvalue weighted by atomic mass is 19.3. The average Bonchev–Trinajstić information content (AvgIpc) is 3.46. The molecule has 0 unspecified atom stereocenters. The molecule has 1 aliphatic rings. The zero-order chi connectivity index (χ0) is 28.8. The number of hydrogen-bond donors (Lipinski definition) is 1. The first-order chi connectivity index (χ1) is 18.9. The SMILES string of the molecule is [2H]C([2H])([2H])C(=O)N1CC[C@@H](Nc2nc(OC)c3c(-c4ccc5nnn(CCCF)c5c4)c(F)cn3n2)C(F)(F)C1. The van der Waals surface area contributed by atoms with Crippen LogP contribution in [0.15, 0.2) is 24.4 Å². The number of piperidine rings is 1. The monoisotopic (exact) mass is 523 g/mol. The number of nitrogens with one attached hydrogen (secondary N) is 1. The minimum Gasteiger partial charge on any atom is -0.479 e. The number of hydrogen-bond acceptors (Lipinski definition) is 7. The fourth-order valence-electron chi connectivity index (χ4n) is 4.44. The number of benzene rings is 1. The van der Waals surface area contributed by atoms with Crippen molar-refractivity contribution in [2.45, 2.75) is 38.2 Å². The number of ether oxygens (including phenoxy) is 1.